The highest BCUT2D eigenvalue weighted by molar-refractivity contribution is 5.79. The van der Waals surface area contributed by atoms with E-state index in [2.05, 4.69) is 40.7 Å². The lowest BCUT2D eigenvalue weighted by atomic mass is 9.33. The van der Waals surface area contributed by atoms with E-state index in [1.165, 1.54) is 5.57 Å². The molecule has 0 bridgehead atoms. The predicted octanol–water partition coefficient (Wildman–Crippen LogP) is -2.42. The van der Waals surface area contributed by atoms with Gasteiger partial charge in [-0.1, -0.05) is 53.2 Å². The number of aliphatic hydroxyl groups excluding tert-OH is 14. The molecule has 0 aromatic rings. The van der Waals surface area contributed by atoms with Crippen LogP contribution in [0.2, 0.25) is 0 Å². The summed E-state index contributed by atoms with van der Waals surface area (Å²) >= 11 is 0. The fourth-order valence-electron chi connectivity index (χ4n) is 16.2. The SMILES string of the molecule is CC1(C)CCC2(C(=O)OC3OCC(O)C(OC4OC(CO)C(O)C(O)C4O)C3O)CCC3(C)C(=CCC4C5(C)CCC(OC6OC(CO)C(O)C(O)C6O)C(C)(COC6OC(CO)C(O)C(O)C6O)C5CCC43C)C2C1. The molecule has 14 N–H and O–H groups in total. The van der Waals surface area contributed by atoms with Gasteiger partial charge < -0.3 is 109 Å². The summed E-state index contributed by atoms with van der Waals surface area (Å²) in [6.07, 6.45) is -22.3. The Hall–Kier alpha value is -1.63. The lowest BCUT2D eigenvalue weighted by Crippen LogP contribution is -2.67. The zero-order valence-corrected chi connectivity index (χ0v) is 44.4. The average Bonchev–Trinajstić information content (AvgIpc) is 3.47. The highest BCUT2D eigenvalue weighted by Crippen LogP contribution is 2.76. The maximum absolute atomic E-state index is 15.1. The first-order valence-electron chi connectivity index (χ1n) is 27.4. The molecule has 28 unspecified atom stereocenters. The van der Waals surface area contributed by atoms with E-state index in [4.69, 9.17) is 37.9 Å². The number of fused-ring (bicyclic) bond motifs is 7. The van der Waals surface area contributed by atoms with Crippen LogP contribution < -0.4 is 0 Å². The Kier molecular flexibility index (Phi) is 16.8. The number of carbonyl (C=O) groups excluding carboxylic acids is 1. The summed E-state index contributed by atoms with van der Waals surface area (Å²) in [5, 5.41) is 149. The monoisotopic (exact) mass is 1090 g/mol. The minimum atomic E-state index is -1.82. The molecule has 4 aliphatic heterocycles. The van der Waals surface area contributed by atoms with Gasteiger partial charge in [-0.25, -0.2) is 0 Å². The van der Waals surface area contributed by atoms with Crippen LogP contribution in [-0.4, -0.2) is 233 Å². The van der Waals surface area contributed by atoms with Gasteiger partial charge in [-0.15, -0.1) is 0 Å². The van der Waals surface area contributed by atoms with Crippen molar-refractivity contribution in [1.29, 1.82) is 0 Å². The molecule has 0 radical (unpaired) electrons. The van der Waals surface area contributed by atoms with Crippen LogP contribution in [0.3, 0.4) is 0 Å². The standard InChI is InChI=1S/C53H86O23/c1-48(2)13-15-53(47(68)76-44-41(67)42(25(57)21-69-44)75-46-40(66)37(63)34(60)28(20-56)73-46)16-14-51(5)23(24(53)17-48)7-8-30-49(3)11-10-31(74-45-39(65)36(62)33(59)27(19-55)72-45)50(4,29(49)9-12-52(30,51)6)22-70-43-38(64)35(61)32(58)26(18-54)71-43/h7,24-46,54-67H,8-22H2,1-6H3. The summed E-state index contributed by atoms with van der Waals surface area (Å²) in [6.45, 7) is 10.8. The number of rotatable bonds is 12. The summed E-state index contributed by atoms with van der Waals surface area (Å²) in [4.78, 5) is 15.1. The Balaban J connectivity index is 0.990. The third-order valence-electron chi connectivity index (χ3n) is 21.1. The molecule has 8 fully saturated rings. The minimum Gasteiger partial charge on any atom is -0.432 e. The van der Waals surface area contributed by atoms with Gasteiger partial charge in [-0.2, -0.15) is 0 Å². The number of esters is 1. The molecule has 28 atom stereocenters. The molecule has 436 valence electrons. The molecule has 4 saturated carbocycles. The van der Waals surface area contributed by atoms with Gasteiger partial charge >= 0.3 is 5.97 Å². The fourth-order valence-corrected chi connectivity index (χ4v) is 16.2. The van der Waals surface area contributed by atoms with Crippen LogP contribution in [0.1, 0.15) is 106 Å². The summed E-state index contributed by atoms with van der Waals surface area (Å²) in [5.41, 5.74) is -2.14. The summed E-state index contributed by atoms with van der Waals surface area (Å²) in [6, 6.07) is 0. The van der Waals surface area contributed by atoms with Gasteiger partial charge in [0.25, 0.3) is 0 Å². The van der Waals surface area contributed by atoms with E-state index in [-0.39, 0.29) is 35.2 Å². The molecular formula is C53H86O23. The smallest absolute Gasteiger partial charge is 0.315 e. The van der Waals surface area contributed by atoms with Gasteiger partial charge in [-0.3, -0.25) is 4.79 Å². The van der Waals surface area contributed by atoms with Crippen molar-refractivity contribution in [1.82, 2.24) is 0 Å². The molecule has 76 heavy (non-hydrogen) atoms. The van der Waals surface area contributed by atoms with Gasteiger partial charge in [0.05, 0.1) is 44.6 Å². The van der Waals surface area contributed by atoms with Crippen molar-refractivity contribution in [2.24, 2.45) is 50.2 Å². The number of aliphatic hydroxyl groups is 14. The van der Waals surface area contributed by atoms with Crippen molar-refractivity contribution in [3.63, 3.8) is 0 Å². The first-order chi connectivity index (χ1) is 35.7. The Labute approximate surface area is 442 Å². The Morgan fingerprint density at radius 3 is 1.71 bits per heavy atom. The van der Waals surface area contributed by atoms with Gasteiger partial charge in [-0.05, 0) is 104 Å². The summed E-state index contributed by atoms with van der Waals surface area (Å²) in [5.74, 6) is -0.941. The van der Waals surface area contributed by atoms with E-state index < -0.39 is 177 Å². The first-order valence-corrected chi connectivity index (χ1v) is 27.4. The number of ether oxygens (including phenoxy) is 8. The van der Waals surface area contributed by atoms with Crippen molar-refractivity contribution < 1.29 is 114 Å². The molecule has 0 aromatic heterocycles. The van der Waals surface area contributed by atoms with Crippen LogP contribution in [0.4, 0.5) is 0 Å². The van der Waals surface area contributed by atoms with Crippen LogP contribution in [-0.2, 0) is 42.7 Å². The van der Waals surface area contributed by atoms with Crippen molar-refractivity contribution >= 4 is 5.97 Å². The largest absolute Gasteiger partial charge is 0.432 e. The zero-order valence-electron chi connectivity index (χ0n) is 44.4. The maximum atomic E-state index is 15.1. The van der Waals surface area contributed by atoms with Crippen LogP contribution in [0.15, 0.2) is 11.6 Å². The molecule has 23 heteroatoms. The third-order valence-corrected chi connectivity index (χ3v) is 21.1. The molecule has 0 aromatic carbocycles. The van der Waals surface area contributed by atoms with E-state index in [0.717, 1.165) is 6.42 Å². The van der Waals surface area contributed by atoms with Crippen molar-refractivity contribution in [3.05, 3.63) is 11.6 Å². The lowest BCUT2D eigenvalue weighted by molar-refractivity contribution is -0.346. The molecule has 9 rings (SSSR count). The second-order valence-corrected chi connectivity index (χ2v) is 25.7. The van der Waals surface area contributed by atoms with E-state index in [1.54, 1.807) is 0 Å². The molecule has 5 aliphatic carbocycles. The van der Waals surface area contributed by atoms with Crippen LogP contribution >= 0.6 is 0 Å². The molecule has 9 aliphatic rings. The van der Waals surface area contributed by atoms with E-state index in [1.807, 2.05) is 6.92 Å². The number of allylic oxidation sites excluding steroid dienone is 2. The zero-order chi connectivity index (χ0) is 55.4. The maximum Gasteiger partial charge on any atom is 0.315 e. The normalized spacial score (nSPS) is 54.3. The molecule has 23 nitrogen and oxygen atoms in total. The van der Waals surface area contributed by atoms with Crippen molar-refractivity contribution in [2.45, 2.75) is 229 Å². The third kappa shape index (κ3) is 9.56. The second kappa shape index (κ2) is 21.6. The van der Waals surface area contributed by atoms with E-state index in [9.17, 15) is 71.5 Å². The highest BCUT2D eigenvalue weighted by atomic mass is 16.7. The van der Waals surface area contributed by atoms with Crippen molar-refractivity contribution in [2.75, 3.05) is 33.0 Å². The Bertz CT molecular complexity index is 2080. The number of hydrogen-bond acceptors (Lipinski definition) is 23. The lowest BCUT2D eigenvalue weighted by Gasteiger charge is -2.71. The van der Waals surface area contributed by atoms with Crippen molar-refractivity contribution in [3.8, 4) is 0 Å². The number of hydrogen-bond donors (Lipinski definition) is 14. The van der Waals surface area contributed by atoms with Crippen LogP contribution in [0.25, 0.3) is 0 Å². The molecule has 4 heterocycles. The summed E-state index contributed by atoms with van der Waals surface area (Å²) in [7, 11) is 0. The topological polar surface area (TPSA) is 374 Å². The quantitative estimate of drug-likeness (QED) is 0.0549. The molecule has 4 saturated heterocycles. The summed E-state index contributed by atoms with van der Waals surface area (Å²) < 4.78 is 48.0. The van der Waals surface area contributed by atoms with Crippen LogP contribution in [0.5, 0.6) is 0 Å². The van der Waals surface area contributed by atoms with Gasteiger partial charge in [0, 0.05) is 5.41 Å². The molecule has 0 spiro atoms. The molecule has 0 amide bonds. The molecular weight excluding hydrogens is 1000 g/mol. The van der Waals surface area contributed by atoms with Crippen LogP contribution in [0, 0.1) is 50.2 Å². The first kappa shape index (κ1) is 59.0. The Morgan fingerprint density at radius 2 is 1.13 bits per heavy atom. The van der Waals surface area contributed by atoms with Gasteiger partial charge in [0.2, 0.25) is 6.29 Å². The minimum absolute atomic E-state index is 0.0567. The second-order valence-electron chi connectivity index (χ2n) is 25.7. The fraction of sp³-hybridized carbons (Fsp3) is 0.943. The average molecular weight is 1090 g/mol. The van der Waals surface area contributed by atoms with Gasteiger partial charge in [0.15, 0.2) is 18.9 Å². The van der Waals surface area contributed by atoms with E-state index >= 15 is 4.79 Å². The Morgan fingerprint density at radius 1 is 0.592 bits per heavy atom. The van der Waals surface area contributed by atoms with E-state index in [0.29, 0.717) is 57.8 Å². The highest BCUT2D eigenvalue weighted by Gasteiger charge is 2.71. The van der Waals surface area contributed by atoms with Gasteiger partial charge in [0.1, 0.15) is 91.6 Å². The number of carbonyl (C=O) groups is 1. The predicted molar refractivity (Wildman–Crippen MR) is 258 cm³/mol.